The van der Waals surface area contributed by atoms with Crippen LogP contribution in [0, 0.1) is 0 Å². The van der Waals surface area contributed by atoms with Gasteiger partial charge in [-0.15, -0.1) is 0 Å². The van der Waals surface area contributed by atoms with Crippen molar-refractivity contribution in [2.75, 3.05) is 20.6 Å². The van der Waals surface area contributed by atoms with Crippen LogP contribution in [0.25, 0.3) is 0 Å². The van der Waals surface area contributed by atoms with E-state index in [1.54, 1.807) is 19.0 Å². The van der Waals surface area contributed by atoms with Crippen LogP contribution in [-0.2, 0) is 12.7 Å². The summed E-state index contributed by atoms with van der Waals surface area (Å²) in [5.74, 6) is -0.538. The van der Waals surface area contributed by atoms with Crippen LogP contribution in [0.2, 0.25) is 0 Å². The lowest BCUT2D eigenvalue weighted by molar-refractivity contribution is -0.138. The highest BCUT2D eigenvalue weighted by Gasteiger charge is 2.38. The van der Waals surface area contributed by atoms with E-state index in [0.717, 1.165) is 6.07 Å². The third kappa shape index (κ3) is 2.78. The van der Waals surface area contributed by atoms with Gasteiger partial charge in [-0.1, -0.05) is 0 Å². The van der Waals surface area contributed by atoms with Crippen molar-refractivity contribution >= 4 is 5.91 Å². The van der Waals surface area contributed by atoms with Crippen LogP contribution in [0.15, 0.2) is 12.1 Å². The molecule has 0 saturated heterocycles. The standard InChI is InChI=1S/C13H15F3N2O2/c1-18(2)6-11(19)7-3-8-9(5-17-12(8)20)10(4-7)13(14,15)16/h3-4,11,19H,5-6H2,1-2H3,(H,17,20). The number of benzene rings is 1. The highest BCUT2D eigenvalue weighted by atomic mass is 19.4. The molecule has 1 atom stereocenters. The average Bonchev–Trinajstić information content (AvgIpc) is 2.68. The molecule has 2 rings (SSSR count). The zero-order valence-corrected chi connectivity index (χ0v) is 11.1. The van der Waals surface area contributed by atoms with Crippen molar-refractivity contribution in [3.05, 3.63) is 34.4 Å². The molecule has 1 aromatic rings. The third-order valence-corrected chi connectivity index (χ3v) is 3.17. The van der Waals surface area contributed by atoms with Crippen molar-refractivity contribution in [1.82, 2.24) is 10.2 Å². The molecule has 1 unspecified atom stereocenters. The maximum absolute atomic E-state index is 13.0. The number of rotatable bonds is 3. The van der Waals surface area contributed by atoms with E-state index in [-0.39, 0.29) is 29.8 Å². The Morgan fingerprint density at radius 3 is 2.60 bits per heavy atom. The number of carbonyl (C=O) groups is 1. The normalized spacial score (nSPS) is 16.2. The number of nitrogens with one attached hydrogen (secondary N) is 1. The van der Waals surface area contributed by atoms with Gasteiger partial charge in [-0.05, 0) is 37.4 Å². The highest BCUT2D eigenvalue weighted by molar-refractivity contribution is 5.99. The zero-order chi connectivity index (χ0) is 15.1. The number of aliphatic hydroxyl groups excluding tert-OH is 1. The summed E-state index contributed by atoms with van der Waals surface area (Å²) in [6.45, 7) is 0.0464. The van der Waals surface area contributed by atoms with Gasteiger partial charge in [0.25, 0.3) is 5.91 Å². The Labute approximate surface area is 114 Å². The number of halogens is 3. The van der Waals surface area contributed by atoms with E-state index in [4.69, 9.17) is 0 Å². The lowest BCUT2D eigenvalue weighted by Crippen LogP contribution is -2.21. The van der Waals surface area contributed by atoms with Crippen LogP contribution >= 0.6 is 0 Å². The van der Waals surface area contributed by atoms with E-state index in [0.29, 0.717) is 0 Å². The fourth-order valence-corrected chi connectivity index (χ4v) is 2.25. The largest absolute Gasteiger partial charge is 0.416 e. The quantitative estimate of drug-likeness (QED) is 0.887. The molecular weight excluding hydrogens is 273 g/mol. The van der Waals surface area contributed by atoms with Crippen LogP contribution in [0.1, 0.15) is 33.2 Å². The first kappa shape index (κ1) is 14.8. The number of hydrogen-bond acceptors (Lipinski definition) is 3. The second-order valence-electron chi connectivity index (χ2n) is 5.05. The molecule has 0 aromatic heterocycles. The molecule has 0 spiro atoms. The van der Waals surface area contributed by atoms with E-state index in [9.17, 15) is 23.1 Å². The molecule has 110 valence electrons. The van der Waals surface area contributed by atoms with Crippen LogP contribution in [0.4, 0.5) is 13.2 Å². The van der Waals surface area contributed by atoms with Gasteiger partial charge < -0.3 is 15.3 Å². The fraction of sp³-hybridized carbons (Fsp3) is 0.462. The van der Waals surface area contributed by atoms with Crippen LogP contribution in [-0.4, -0.2) is 36.6 Å². The van der Waals surface area contributed by atoms with Crippen molar-refractivity contribution in [2.45, 2.75) is 18.8 Å². The smallest absolute Gasteiger partial charge is 0.387 e. The molecule has 1 aliphatic heterocycles. The van der Waals surface area contributed by atoms with E-state index in [1.165, 1.54) is 6.07 Å². The number of nitrogens with zero attached hydrogens (tertiary/aromatic N) is 1. The minimum Gasteiger partial charge on any atom is -0.387 e. The van der Waals surface area contributed by atoms with E-state index >= 15 is 0 Å². The number of hydrogen-bond donors (Lipinski definition) is 2. The summed E-state index contributed by atoms with van der Waals surface area (Å²) < 4.78 is 39.1. The lowest BCUT2D eigenvalue weighted by atomic mass is 9.96. The Morgan fingerprint density at radius 1 is 1.40 bits per heavy atom. The van der Waals surface area contributed by atoms with Gasteiger partial charge in [-0.3, -0.25) is 4.79 Å². The summed E-state index contributed by atoms with van der Waals surface area (Å²) in [6.07, 6.45) is -5.63. The van der Waals surface area contributed by atoms with Crippen LogP contribution < -0.4 is 5.32 Å². The second kappa shape index (κ2) is 5.06. The van der Waals surface area contributed by atoms with Gasteiger partial charge in [-0.2, -0.15) is 13.2 Å². The summed E-state index contributed by atoms with van der Waals surface area (Å²) in [4.78, 5) is 13.2. The van der Waals surface area contributed by atoms with Gasteiger partial charge in [0.05, 0.1) is 11.7 Å². The topological polar surface area (TPSA) is 52.6 Å². The van der Waals surface area contributed by atoms with Crippen molar-refractivity contribution in [2.24, 2.45) is 0 Å². The fourth-order valence-electron chi connectivity index (χ4n) is 2.25. The Hall–Kier alpha value is -1.60. The molecule has 1 amide bonds. The number of carbonyl (C=O) groups excluding carboxylic acids is 1. The van der Waals surface area contributed by atoms with Gasteiger partial charge in [-0.25, -0.2) is 0 Å². The van der Waals surface area contributed by atoms with Gasteiger partial charge in [0, 0.05) is 18.7 Å². The van der Waals surface area contributed by atoms with Crippen LogP contribution in [0.5, 0.6) is 0 Å². The number of likely N-dealkylation sites (N-methyl/N-ethyl adjacent to an activating group) is 1. The molecule has 7 heteroatoms. The Bertz CT molecular complexity index is 541. The molecule has 20 heavy (non-hydrogen) atoms. The third-order valence-electron chi connectivity index (χ3n) is 3.17. The first-order valence-electron chi connectivity index (χ1n) is 6.05. The maximum atomic E-state index is 13.0. The molecule has 2 N–H and O–H groups in total. The summed E-state index contributed by atoms with van der Waals surface area (Å²) in [7, 11) is 3.40. The molecule has 0 radical (unpaired) electrons. The second-order valence-corrected chi connectivity index (χ2v) is 5.05. The molecule has 0 bridgehead atoms. The van der Waals surface area contributed by atoms with Crippen molar-refractivity contribution in [1.29, 1.82) is 0 Å². The molecule has 1 heterocycles. The molecule has 1 aromatic carbocycles. The molecule has 1 aliphatic rings. The summed E-state index contributed by atoms with van der Waals surface area (Å²) in [5, 5.41) is 12.3. The predicted octanol–water partition coefficient (Wildman–Crippen LogP) is 1.54. The Morgan fingerprint density at radius 2 is 2.05 bits per heavy atom. The molecule has 0 saturated carbocycles. The number of aliphatic hydroxyl groups is 1. The zero-order valence-electron chi connectivity index (χ0n) is 11.1. The maximum Gasteiger partial charge on any atom is 0.416 e. The van der Waals surface area contributed by atoms with Crippen molar-refractivity contribution in [3.8, 4) is 0 Å². The molecule has 0 fully saturated rings. The molecular formula is C13H15F3N2O2. The predicted molar refractivity (Wildman–Crippen MR) is 66.1 cm³/mol. The van der Waals surface area contributed by atoms with Gasteiger partial charge in [0.2, 0.25) is 0 Å². The SMILES string of the molecule is CN(C)CC(O)c1cc2c(c(C(F)(F)F)c1)CNC2=O. The minimum absolute atomic E-state index is 0.00682. The number of alkyl halides is 3. The average molecular weight is 288 g/mol. The summed E-state index contributed by atoms with van der Waals surface area (Å²) >= 11 is 0. The van der Waals surface area contributed by atoms with Crippen molar-refractivity contribution in [3.63, 3.8) is 0 Å². The van der Waals surface area contributed by atoms with E-state index in [2.05, 4.69) is 5.32 Å². The number of amides is 1. The molecule has 0 aliphatic carbocycles. The highest BCUT2D eigenvalue weighted by Crippen LogP contribution is 2.37. The number of fused-ring (bicyclic) bond motifs is 1. The van der Waals surface area contributed by atoms with E-state index in [1.807, 2.05) is 0 Å². The van der Waals surface area contributed by atoms with Crippen LogP contribution in [0.3, 0.4) is 0 Å². The monoisotopic (exact) mass is 288 g/mol. The van der Waals surface area contributed by atoms with Gasteiger partial charge in [0.15, 0.2) is 0 Å². The minimum atomic E-state index is -4.55. The first-order valence-corrected chi connectivity index (χ1v) is 6.05. The van der Waals surface area contributed by atoms with Gasteiger partial charge in [0.1, 0.15) is 0 Å². The molecule has 4 nitrogen and oxygen atoms in total. The van der Waals surface area contributed by atoms with Crippen molar-refractivity contribution < 1.29 is 23.1 Å². The van der Waals surface area contributed by atoms with E-state index < -0.39 is 23.8 Å². The lowest BCUT2D eigenvalue weighted by Gasteiger charge is -2.19. The summed E-state index contributed by atoms with van der Waals surface area (Å²) in [6, 6.07) is 2.26. The Kier molecular flexibility index (Phi) is 3.75. The van der Waals surface area contributed by atoms with Gasteiger partial charge >= 0.3 is 6.18 Å². The summed E-state index contributed by atoms with van der Waals surface area (Å²) in [5.41, 5.74) is -0.820. The Balaban J connectivity index is 2.51. The first-order chi connectivity index (χ1) is 9.20.